The first-order chi connectivity index (χ1) is 18.7. The highest BCUT2D eigenvalue weighted by molar-refractivity contribution is 5.89. The molecule has 1 spiro atoms. The molecule has 0 aromatic heterocycles. The molecular weight excluding hydrogens is 502 g/mol. The molecular formula is C30H41NO8. The molecule has 1 heterocycles. The smallest absolute Gasteiger partial charge is 0.338 e. The van der Waals surface area contributed by atoms with Crippen LogP contribution in [0.25, 0.3) is 0 Å². The number of likely N-dealkylation sites (N-methyl/N-ethyl adjacent to an activating group) is 1. The number of piperidine rings is 1. The fourth-order valence-corrected chi connectivity index (χ4v) is 11.4. The Labute approximate surface area is 229 Å². The second-order valence-electron chi connectivity index (χ2n) is 13.2. The molecule has 39 heavy (non-hydrogen) atoms. The van der Waals surface area contributed by atoms with Crippen molar-refractivity contribution in [3.05, 3.63) is 35.9 Å². The number of benzene rings is 1. The number of ether oxygens (including phenoxy) is 3. The van der Waals surface area contributed by atoms with Crippen molar-refractivity contribution in [1.82, 2.24) is 4.90 Å². The largest absolute Gasteiger partial charge is 0.461 e. The van der Waals surface area contributed by atoms with Crippen LogP contribution in [0.5, 0.6) is 0 Å². The van der Waals surface area contributed by atoms with E-state index in [9.17, 15) is 25.2 Å². The van der Waals surface area contributed by atoms with Crippen molar-refractivity contribution in [3.8, 4) is 0 Å². The third-order valence-electron chi connectivity index (χ3n) is 12.4. The Bertz CT molecular complexity index is 1150. The maximum Gasteiger partial charge on any atom is 0.338 e. The summed E-state index contributed by atoms with van der Waals surface area (Å²) in [4.78, 5) is 15.3. The molecule has 1 aliphatic heterocycles. The van der Waals surface area contributed by atoms with Crippen molar-refractivity contribution in [2.24, 2.45) is 34.5 Å². The lowest BCUT2D eigenvalue weighted by molar-refractivity contribution is -0.323. The average Bonchev–Trinajstić information content (AvgIpc) is 3.29. The molecule has 6 aliphatic rings. The van der Waals surface area contributed by atoms with E-state index in [-0.39, 0.29) is 24.5 Å². The predicted molar refractivity (Wildman–Crippen MR) is 139 cm³/mol. The number of carbonyl (C=O) groups is 1. The van der Waals surface area contributed by atoms with Gasteiger partial charge in [-0.2, -0.15) is 0 Å². The van der Waals surface area contributed by atoms with E-state index in [0.717, 1.165) is 0 Å². The Morgan fingerprint density at radius 2 is 1.90 bits per heavy atom. The van der Waals surface area contributed by atoms with Crippen LogP contribution < -0.4 is 0 Å². The number of hydrogen-bond donors (Lipinski definition) is 4. The van der Waals surface area contributed by atoms with Crippen LogP contribution in [0.3, 0.4) is 0 Å². The van der Waals surface area contributed by atoms with E-state index in [1.54, 1.807) is 38.5 Å². The molecule has 4 N–H and O–H groups in total. The van der Waals surface area contributed by atoms with E-state index in [0.29, 0.717) is 44.3 Å². The van der Waals surface area contributed by atoms with Gasteiger partial charge in [-0.3, -0.25) is 4.90 Å². The molecule has 7 bridgehead atoms. The van der Waals surface area contributed by atoms with Crippen LogP contribution in [0, 0.1) is 34.5 Å². The van der Waals surface area contributed by atoms with Gasteiger partial charge in [-0.15, -0.1) is 0 Å². The van der Waals surface area contributed by atoms with E-state index in [4.69, 9.17) is 14.2 Å². The Balaban J connectivity index is 1.39. The van der Waals surface area contributed by atoms with E-state index < -0.39 is 64.2 Å². The zero-order valence-electron chi connectivity index (χ0n) is 22.9. The average molecular weight is 544 g/mol. The zero-order valence-corrected chi connectivity index (χ0v) is 22.9. The van der Waals surface area contributed by atoms with Crippen molar-refractivity contribution >= 4 is 5.97 Å². The molecule has 5 aliphatic carbocycles. The van der Waals surface area contributed by atoms with E-state index in [2.05, 4.69) is 4.90 Å². The standard InChI is InChI=1S/C30H41NO8/c1-4-31-14-27(15-39-25(35)16-8-6-5-7-9-16)11-10-20(32)29-18-12-17-19(37-2)13-28(38-3,21(18)22(17)33)30(36,26(29)31)24(34)23(27)29/h5-9,17-24,26,32-34,36H,4,10-15H2,1-3H3/t17-,18-,19+,20+,21-,22+,23-,24-,26+,27+,28-,29+,30+/m1/s1. The highest BCUT2D eigenvalue weighted by Crippen LogP contribution is 2.80. The summed E-state index contributed by atoms with van der Waals surface area (Å²) in [5.74, 6) is -1.73. The molecule has 7 rings (SSSR count). The van der Waals surface area contributed by atoms with Crippen molar-refractivity contribution in [2.45, 2.75) is 74.3 Å². The van der Waals surface area contributed by atoms with Crippen LogP contribution in [0.4, 0.5) is 0 Å². The first-order valence-corrected chi connectivity index (χ1v) is 14.5. The lowest BCUT2D eigenvalue weighted by atomic mass is 9.42. The summed E-state index contributed by atoms with van der Waals surface area (Å²) in [6, 6.07) is 8.31. The minimum atomic E-state index is -1.76. The van der Waals surface area contributed by atoms with Crippen molar-refractivity contribution < 1.29 is 39.4 Å². The molecule has 6 fully saturated rings. The molecule has 0 radical (unpaired) electrons. The number of aliphatic hydroxyl groups is 4. The zero-order chi connectivity index (χ0) is 27.5. The van der Waals surface area contributed by atoms with Crippen LogP contribution in [0.2, 0.25) is 0 Å². The SMILES string of the molecule is CCN1C[C@]2(COC(=O)c3ccccc3)CC[C@H](O)[C@@]34[C@@H]5C[C@H]6[C@H](O)[C@@H]5[C@](OC)(C[C@@H]6OC)[C@](O)([C@H](O)[C@H]23)[C@@H]14. The first kappa shape index (κ1) is 26.3. The summed E-state index contributed by atoms with van der Waals surface area (Å²) < 4.78 is 18.2. The fourth-order valence-electron chi connectivity index (χ4n) is 11.4. The molecule has 9 nitrogen and oxygen atoms in total. The summed E-state index contributed by atoms with van der Waals surface area (Å²) in [7, 11) is 3.19. The van der Waals surface area contributed by atoms with Crippen molar-refractivity contribution in [3.63, 3.8) is 0 Å². The monoisotopic (exact) mass is 543 g/mol. The lowest BCUT2D eigenvalue weighted by Crippen LogP contribution is -2.82. The minimum Gasteiger partial charge on any atom is -0.461 e. The van der Waals surface area contributed by atoms with Gasteiger partial charge in [0.25, 0.3) is 0 Å². The molecule has 5 saturated carbocycles. The van der Waals surface area contributed by atoms with Crippen molar-refractivity contribution in [2.75, 3.05) is 33.9 Å². The minimum absolute atomic E-state index is 0.0836. The van der Waals surface area contributed by atoms with Crippen molar-refractivity contribution in [1.29, 1.82) is 0 Å². The Morgan fingerprint density at radius 3 is 2.56 bits per heavy atom. The fraction of sp³-hybridized carbons (Fsp3) is 0.767. The molecule has 1 aromatic carbocycles. The number of methoxy groups -OCH3 is 2. The van der Waals surface area contributed by atoms with Gasteiger partial charge in [0.05, 0.1) is 42.6 Å². The number of fused-ring (bicyclic) bond motifs is 2. The van der Waals surface area contributed by atoms with Crippen LogP contribution in [0.15, 0.2) is 30.3 Å². The Hall–Kier alpha value is -1.59. The van der Waals surface area contributed by atoms with Gasteiger partial charge >= 0.3 is 5.97 Å². The summed E-state index contributed by atoms with van der Waals surface area (Å²) in [5, 5.41) is 49.1. The third kappa shape index (κ3) is 2.79. The Kier molecular flexibility index (Phi) is 5.72. The number of hydrogen-bond acceptors (Lipinski definition) is 9. The highest BCUT2D eigenvalue weighted by atomic mass is 16.5. The maximum atomic E-state index is 13.1. The summed E-state index contributed by atoms with van der Waals surface area (Å²) >= 11 is 0. The lowest BCUT2D eigenvalue weighted by Gasteiger charge is -2.70. The number of carbonyl (C=O) groups excluding carboxylic acids is 1. The van der Waals surface area contributed by atoms with Gasteiger partial charge in [0.15, 0.2) is 0 Å². The number of likely N-dealkylation sites (tertiary alicyclic amines) is 1. The quantitative estimate of drug-likeness (QED) is 0.386. The van der Waals surface area contributed by atoms with Gasteiger partial charge in [-0.1, -0.05) is 25.1 Å². The molecule has 214 valence electrons. The Morgan fingerprint density at radius 1 is 1.15 bits per heavy atom. The number of nitrogens with zero attached hydrogens (tertiary/aromatic N) is 1. The van der Waals surface area contributed by atoms with E-state index >= 15 is 0 Å². The van der Waals surface area contributed by atoms with Gasteiger partial charge < -0.3 is 34.6 Å². The van der Waals surface area contributed by atoms with Gasteiger partial charge in [-0.25, -0.2) is 4.79 Å². The summed E-state index contributed by atoms with van der Waals surface area (Å²) in [6.45, 7) is 3.24. The molecule has 1 saturated heterocycles. The summed E-state index contributed by atoms with van der Waals surface area (Å²) in [6.07, 6.45) is -1.11. The van der Waals surface area contributed by atoms with Gasteiger partial charge in [-0.05, 0) is 43.9 Å². The number of esters is 1. The second-order valence-corrected chi connectivity index (χ2v) is 13.2. The molecule has 1 aromatic rings. The maximum absolute atomic E-state index is 13.1. The van der Waals surface area contributed by atoms with Crippen LogP contribution in [0.1, 0.15) is 43.0 Å². The normalized spacial score (nSPS) is 53.1. The van der Waals surface area contributed by atoms with E-state index in [1.165, 1.54) is 0 Å². The van der Waals surface area contributed by atoms with Gasteiger partial charge in [0.1, 0.15) is 11.2 Å². The molecule has 0 unspecified atom stereocenters. The van der Waals surface area contributed by atoms with Gasteiger partial charge in [0, 0.05) is 55.8 Å². The van der Waals surface area contributed by atoms with Crippen LogP contribution in [-0.4, -0.2) is 107 Å². The highest BCUT2D eigenvalue weighted by Gasteiger charge is 2.91. The number of rotatable bonds is 6. The number of aliphatic hydroxyl groups excluding tert-OH is 3. The summed E-state index contributed by atoms with van der Waals surface area (Å²) in [5.41, 5.74) is -4.10. The molecule has 9 heteroatoms. The second kappa shape index (κ2) is 8.47. The van der Waals surface area contributed by atoms with Crippen LogP contribution in [-0.2, 0) is 14.2 Å². The van der Waals surface area contributed by atoms with Crippen LogP contribution >= 0.6 is 0 Å². The topological polar surface area (TPSA) is 129 Å². The third-order valence-corrected chi connectivity index (χ3v) is 12.4. The molecule has 0 amide bonds. The first-order valence-electron chi connectivity index (χ1n) is 14.5. The molecule has 13 atom stereocenters. The van der Waals surface area contributed by atoms with Gasteiger partial charge in [0.2, 0.25) is 0 Å². The van der Waals surface area contributed by atoms with E-state index in [1.807, 2.05) is 13.0 Å². The predicted octanol–water partition coefficient (Wildman–Crippen LogP) is 0.828.